The number of phenols is 1. The molecular weight excluding hydrogens is 334 g/mol. The van der Waals surface area contributed by atoms with E-state index >= 15 is 0 Å². The normalized spacial score (nSPS) is 17.8. The Bertz CT molecular complexity index is 695. The van der Waals surface area contributed by atoms with Crippen molar-refractivity contribution in [1.29, 1.82) is 0 Å². The number of hydrogen-bond donors (Lipinski definition) is 1. The van der Waals surface area contributed by atoms with Crippen LogP contribution >= 0.6 is 11.3 Å². The maximum Gasteiger partial charge on any atom is 0.166 e. The average molecular weight is 359 g/mol. The first-order chi connectivity index (χ1) is 12.2. The molecule has 134 valence electrons. The minimum Gasteiger partial charge on any atom is -0.504 e. The van der Waals surface area contributed by atoms with Gasteiger partial charge in [-0.1, -0.05) is 12.1 Å². The third-order valence-electron chi connectivity index (χ3n) is 4.61. The molecule has 6 heteroatoms. The zero-order valence-corrected chi connectivity index (χ0v) is 15.6. The lowest BCUT2D eigenvalue weighted by atomic mass is 10.1. The van der Waals surface area contributed by atoms with Crippen LogP contribution in [0.5, 0.6) is 11.5 Å². The molecule has 25 heavy (non-hydrogen) atoms. The van der Waals surface area contributed by atoms with E-state index in [1.54, 1.807) is 30.7 Å². The fourth-order valence-electron chi connectivity index (χ4n) is 3.06. The lowest BCUT2D eigenvalue weighted by Gasteiger charge is -2.37. The van der Waals surface area contributed by atoms with Crippen LogP contribution in [0.25, 0.3) is 0 Å². The van der Waals surface area contributed by atoms with Crippen molar-refractivity contribution in [2.24, 2.45) is 4.99 Å². The molecule has 0 aliphatic carbocycles. The van der Waals surface area contributed by atoms with Gasteiger partial charge in [0.25, 0.3) is 0 Å². The third kappa shape index (κ3) is 4.39. The molecule has 1 aliphatic rings. The Morgan fingerprint density at radius 3 is 2.72 bits per heavy atom. The van der Waals surface area contributed by atoms with E-state index < -0.39 is 0 Å². The summed E-state index contributed by atoms with van der Waals surface area (Å²) >= 11 is 1.78. The molecule has 2 aromatic rings. The van der Waals surface area contributed by atoms with Gasteiger partial charge in [0.2, 0.25) is 0 Å². The lowest BCUT2D eigenvalue weighted by Crippen LogP contribution is -2.46. The average Bonchev–Trinajstić information content (AvgIpc) is 3.15. The van der Waals surface area contributed by atoms with Gasteiger partial charge in [0, 0.05) is 42.8 Å². The molecule has 0 spiro atoms. The predicted molar refractivity (Wildman–Crippen MR) is 103 cm³/mol. The summed E-state index contributed by atoms with van der Waals surface area (Å²) in [5.41, 5.74) is 0.683. The maximum absolute atomic E-state index is 10.2. The van der Waals surface area contributed by atoms with Crippen molar-refractivity contribution in [3.05, 3.63) is 46.2 Å². The van der Waals surface area contributed by atoms with Gasteiger partial charge in [-0.25, -0.2) is 0 Å². The van der Waals surface area contributed by atoms with E-state index in [1.165, 1.54) is 4.88 Å². The van der Waals surface area contributed by atoms with E-state index in [2.05, 4.69) is 39.4 Å². The van der Waals surface area contributed by atoms with Crippen LogP contribution in [0.15, 0.2) is 40.7 Å². The number of rotatable bonds is 6. The maximum atomic E-state index is 10.2. The molecule has 1 atom stereocenters. The molecule has 1 aromatic carbocycles. The van der Waals surface area contributed by atoms with E-state index in [0.717, 1.165) is 26.2 Å². The van der Waals surface area contributed by atoms with Crippen molar-refractivity contribution in [2.45, 2.75) is 6.04 Å². The number of phenolic OH excluding ortho intramolecular Hbond substituents is 1. The summed E-state index contributed by atoms with van der Waals surface area (Å²) in [5, 5.41) is 12.3. The molecule has 5 nitrogen and oxygen atoms in total. The molecule has 1 fully saturated rings. The van der Waals surface area contributed by atoms with Crippen molar-refractivity contribution in [2.75, 3.05) is 46.9 Å². The number of hydrogen-bond acceptors (Lipinski definition) is 6. The van der Waals surface area contributed by atoms with Gasteiger partial charge in [-0.05, 0) is 30.6 Å². The summed E-state index contributed by atoms with van der Waals surface area (Å²) in [6.45, 7) is 4.96. The number of nitrogens with zero attached hydrogens (tertiary/aromatic N) is 3. The molecule has 0 amide bonds. The van der Waals surface area contributed by atoms with Crippen LogP contribution in [0, 0.1) is 0 Å². The molecule has 0 saturated carbocycles. The minimum absolute atomic E-state index is 0.140. The van der Waals surface area contributed by atoms with Crippen LogP contribution in [0.1, 0.15) is 16.5 Å². The van der Waals surface area contributed by atoms with Gasteiger partial charge in [0.1, 0.15) is 0 Å². The van der Waals surface area contributed by atoms with Gasteiger partial charge >= 0.3 is 0 Å². The number of piperazine rings is 1. The largest absolute Gasteiger partial charge is 0.504 e. The first kappa shape index (κ1) is 17.9. The predicted octanol–water partition coefficient (Wildman–Crippen LogP) is 2.87. The number of aliphatic imine (C=N–C) groups is 1. The van der Waals surface area contributed by atoms with E-state index in [-0.39, 0.29) is 11.8 Å². The Morgan fingerprint density at radius 1 is 1.24 bits per heavy atom. The summed E-state index contributed by atoms with van der Waals surface area (Å²) in [4.78, 5) is 10.9. The van der Waals surface area contributed by atoms with Crippen molar-refractivity contribution in [3.63, 3.8) is 0 Å². The van der Waals surface area contributed by atoms with Crippen molar-refractivity contribution in [3.8, 4) is 11.5 Å². The quantitative estimate of drug-likeness (QED) is 0.806. The summed E-state index contributed by atoms with van der Waals surface area (Å²) < 4.78 is 5.15. The van der Waals surface area contributed by atoms with Crippen molar-refractivity contribution >= 4 is 17.6 Å². The third-order valence-corrected chi connectivity index (χ3v) is 5.58. The van der Waals surface area contributed by atoms with Gasteiger partial charge in [-0.15, -0.1) is 11.3 Å². The smallest absolute Gasteiger partial charge is 0.166 e. The number of aromatic hydroxyl groups is 1. The van der Waals surface area contributed by atoms with Crippen LogP contribution in [0.3, 0.4) is 0 Å². The second-order valence-electron chi connectivity index (χ2n) is 6.26. The highest BCUT2D eigenvalue weighted by molar-refractivity contribution is 7.10. The van der Waals surface area contributed by atoms with E-state index in [1.807, 2.05) is 12.1 Å². The number of thiophene rings is 1. The highest BCUT2D eigenvalue weighted by Gasteiger charge is 2.24. The SMILES string of the molecule is COc1cccc(C=NC[C@H](c2cccs2)N2CCN(C)CC2)c1O. The summed E-state index contributed by atoms with van der Waals surface area (Å²) in [6.07, 6.45) is 1.74. The van der Waals surface area contributed by atoms with Gasteiger partial charge in [0.05, 0.1) is 19.7 Å². The van der Waals surface area contributed by atoms with Crippen LogP contribution in [0.2, 0.25) is 0 Å². The summed E-state index contributed by atoms with van der Waals surface area (Å²) in [6, 6.07) is 10.0. The summed E-state index contributed by atoms with van der Waals surface area (Å²) in [5.74, 6) is 0.610. The van der Waals surface area contributed by atoms with E-state index in [9.17, 15) is 5.11 Å². The molecule has 1 aromatic heterocycles. The van der Waals surface area contributed by atoms with Gasteiger partial charge in [0.15, 0.2) is 11.5 Å². The Balaban J connectivity index is 1.73. The zero-order valence-electron chi connectivity index (χ0n) is 14.8. The zero-order chi connectivity index (χ0) is 17.6. The van der Waals surface area contributed by atoms with Crippen LogP contribution in [-0.4, -0.2) is 68.0 Å². The molecule has 2 heterocycles. The fourth-order valence-corrected chi connectivity index (χ4v) is 3.91. The van der Waals surface area contributed by atoms with Gasteiger partial charge in [-0.2, -0.15) is 0 Å². The molecule has 1 aliphatic heterocycles. The number of likely N-dealkylation sites (N-methyl/N-ethyl adjacent to an activating group) is 1. The highest BCUT2D eigenvalue weighted by atomic mass is 32.1. The highest BCUT2D eigenvalue weighted by Crippen LogP contribution is 2.29. The summed E-state index contributed by atoms with van der Waals surface area (Å²) in [7, 11) is 3.72. The van der Waals surface area contributed by atoms with E-state index in [4.69, 9.17) is 4.74 Å². The van der Waals surface area contributed by atoms with Gasteiger partial charge in [-0.3, -0.25) is 9.89 Å². The molecule has 0 radical (unpaired) electrons. The Morgan fingerprint density at radius 2 is 2.04 bits per heavy atom. The van der Waals surface area contributed by atoms with Crippen molar-refractivity contribution < 1.29 is 9.84 Å². The second-order valence-corrected chi connectivity index (χ2v) is 7.24. The lowest BCUT2D eigenvalue weighted by molar-refractivity contribution is 0.116. The Hall–Kier alpha value is -1.89. The first-order valence-corrected chi connectivity index (χ1v) is 9.39. The standard InChI is InChI=1S/C19H25N3O2S/c1-21-8-10-22(11-9-21)16(18-7-4-12-25-18)14-20-13-15-5-3-6-17(24-2)19(15)23/h3-7,12-13,16,23H,8-11,14H2,1-2H3/t16-/m1/s1. The molecule has 0 bridgehead atoms. The van der Waals surface area contributed by atoms with Crippen LogP contribution in [0.4, 0.5) is 0 Å². The molecular formula is C19H25N3O2S. The number of ether oxygens (including phenoxy) is 1. The van der Waals surface area contributed by atoms with Crippen LogP contribution < -0.4 is 4.74 Å². The van der Waals surface area contributed by atoms with Crippen molar-refractivity contribution in [1.82, 2.24) is 9.80 Å². The second kappa shape index (κ2) is 8.47. The number of methoxy groups -OCH3 is 1. The first-order valence-electron chi connectivity index (χ1n) is 8.51. The van der Waals surface area contributed by atoms with Crippen LogP contribution in [-0.2, 0) is 0 Å². The Kier molecular flexibility index (Phi) is 6.07. The molecule has 1 saturated heterocycles. The number of benzene rings is 1. The monoisotopic (exact) mass is 359 g/mol. The molecule has 0 unspecified atom stereocenters. The van der Waals surface area contributed by atoms with Gasteiger partial charge < -0.3 is 14.7 Å². The topological polar surface area (TPSA) is 48.3 Å². The molecule has 1 N–H and O–H groups in total. The number of para-hydroxylation sites is 1. The Labute approximate surface area is 153 Å². The van der Waals surface area contributed by atoms with E-state index in [0.29, 0.717) is 17.9 Å². The molecule has 3 rings (SSSR count). The fraction of sp³-hybridized carbons (Fsp3) is 0.421. The minimum atomic E-state index is 0.140.